The van der Waals surface area contributed by atoms with Crippen molar-refractivity contribution in [2.24, 2.45) is 5.92 Å². The number of anilines is 1. The van der Waals surface area contributed by atoms with Crippen molar-refractivity contribution < 1.29 is 9.59 Å². The molecule has 0 aliphatic carbocycles. The molecule has 18 heavy (non-hydrogen) atoms. The summed E-state index contributed by atoms with van der Waals surface area (Å²) in [4.78, 5) is 23.8. The number of para-hydroxylation sites is 1. The van der Waals surface area contributed by atoms with E-state index in [2.05, 4.69) is 16.0 Å². The van der Waals surface area contributed by atoms with Crippen molar-refractivity contribution in [1.29, 1.82) is 0 Å². The van der Waals surface area contributed by atoms with Crippen LogP contribution in [0.5, 0.6) is 0 Å². The highest BCUT2D eigenvalue weighted by Gasteiger charge is 2.55. The van der Waals surface area contributed by atoms with Gasteiger partial charge in [0.1, 0.15) is 5.92 Å². The van der Waals surface area contributed by atoms with Gasteiger partial charge in [-0.25, -0.2) is 0 Å². The summed E-state index contributed by atoms with van der Waals surface area (Å²) in [5.74, 6) is -1.11. The van der Waals surface area contributed by atoms with Crippen LogP contribution >= 0.6 is 0 Å². The lowest BCUT2D eigenvalue weighted by Crippen LogP contribution is -2.62. The predicted octanol–water partition coefficient (Wildman–Crippen LogP) is 0.227. The molecule has 2 heterocycles. The summed E-state index contributed by atoms with van der Waals surface area (Å²) in [6, 6.07) is 9.38. The minimum Gasteiger partial charge on any atom is -0.359 e. The van der Waals surface area contributed by atoms with E-state index in [1.807, 2.05) is 36.4 Å². The average molecular weight is 243 g/mol. The number of hydrogen-bond donors (Lipinski definition) is 3. The smallest absolute Gasteiger partial charge is 0.268 e. The first kappa shape index (κ1) is 11.0. The van der Waals surface area contributed by atoms with Crippen molar-refractivity contribution in [2.75, 3.05) is 11.9 Å². The van der Waals surface area contributed by atoms with E-state index >= 15 is 0 Å². The van der Waals surface area contributed by atoms with E-state index in [1.54, 1.807) is 6.08 Å². The molecule has 1 aromatic rings. The summed E-state index contributed by atoms with van der Waals surface area (Å²) in [6.45, 7) is 0.553. The Morgan fingerprint density at radius 2 is 2.00 bits per heavy atom. The van der Waals surface area contributed by atoms with E-state index in [0.717, 1.165) is 5.69 Å². The normalized spacial score (nSPS) is 29.9. The molecule has 2 atom stereocenters. The van der Waals surface area contributed by atoms with Crippen LogP contribution in [0, 0.1) is 5.92 Å². The van der Waals surface area contributed by atoms with Crippen molar-refractivity contribution in [3.8, 4) is 0 Å². The Labute approximate surface area is 104 Å². The van der Waals surface area contributed by atoms with Crippen LogP contribution in [0.2, 0.25) is 0 Å². The van der Waals surface area contributed by atoms with Gasteiger partial charge in [-0.15, -0.1) is 0 Å². The molecule has 1 aromatic carbocycles. The maximum absolute atomic E-state index is 12.1. The average Bonchev–Trinajstić information content (AvgIpc) is 2.63. The molecule has 0 spiro atoms. The molecular weight excluding hydrogens is 230 g/mol. The van der Waals surface area contributed by atoms with E-state index in [9.17, 15) is 9.59 Å². The molecule has 1 saturated heterocycles. The Balaban J connectivity index is 1.98. The molecule has 0 saturated carbocycles. The lowest BCUT2D eigenvalue weighted by molar-refractivity contribution is -0.126. The van der Waals surface area contributed by atoms with Gasteiger partial charge in [0.2, 0.25) is 5.91 Å². The molecule has 0 aromatic heterocycles. The van der Waals surface area contributed by atoms with Gasteiger partial charge in [-0.05, 0) is 12.1 Å². The second kappa shape index (κ2) is 3.96. The van der Waals surface area contributed by atoms with Gasteiger partial charge in [0.05, 0.1) is 0 Å². The van der Waals surface area contributed by atoms with Crippen LogP contribution in [-0.2, 0) is 9.59 Å². The number of fused-ring (bicyclic) bond motifs is 1. The minimum atomic E-state index is -1.06. The highest BCUT2D eigenvalue weighted by Crippen LogP contribution is 2.29. The Morgan fingerprint density at radius 1 is 1.22 bits per heavy atom. The zero-order valence-electron chi connectivity index (χ0n) is 9.64. The summed E-state index contributed by atoms with van der Waals surface area (Å²) in [6.07, 6.45) is 3.63. The molecule has 5 heteroatoms. The zero-order chi connectivity index (χ0) is 12.6. The van der Waals surface area contributed by atoms with Gasteiger partial charge >= 0.3 is 0 Å². The molecule has 5 nitrogen and oxygen atoms in total. The van der Waals surface area contributed by atoms with E-state index in [4.69, 9.17) is 0 Å². The number of rotatable bonds is 2. The Hall–Kier alpha value is -2.14. The van der Waals surface area contributed by atoms with Crippen molar-refractivity contribution in [3.05, 3.63) is 42.5 Å². The van der Waals surface area contributed by atoms with E-state index in [1.165, 1.54) is 0 Å². The van der Waals surface area contributed by atoms with E-state index < -0.39 is 11.6 Å². The van der Waals surface area contributed by atoms with Crippen LogP contribution in [-0.4, -0.2) is 24.0 Å². The number of carbonyl (C=O) groups is 2. The monoisotopic (exact) mass is 243 g/mol. The number of nitrogens with one attached hydrogen (secondary N) is 3. The molecule has 2 aliphatic rings. The first-order chi connectivity index (χ1) is 8.72. The van der Waals surface area contributed by atoms with Gasteiger partial charge in [0.25, 0.3) is 5.91 Å². The van der Waals surface area contributed by atoms with Gasteiger partial charge in [-0.2, -0.15) is 0 Å². The standard InChI is InChI=1S/C13H13N3O2/c17-11-10-7-4-8-14-13(10,12(18)15-11)16-9-5-2-1-3-6-9/h1-7,10,14,16H,8H2,(H,15,17,18). The van der Waals surface area contributed by atoms with Crippen LogP contribution in [0.1, 0.15) is 0 Å². The maximum Gasteiger partial charge on any atom is 0.268 e. The largest absolute Gasteiger partial charge is 0.359 e. The topological polar surface area (TPSA) is 70.2 Å². The number of imide groups is 1. The number of amides is 2. The van der Waals surface area contributed by atoms with Crippen LogP contribution in [0.4, 0.5) is 5.69 Å². The first-order valence-electron chi connectivity index (χ1n) is 5.82. The third-order valence-corrected chi connectivity index (χ3v) is 3.29. The van der Waals surface area contributed by atoms with Crippen LogP contribution in [0.15, 0.2) is 42.5 Å². The number of hydrogen-bond acceptors (Lipinski definition) is 4. The summed E-state index contributed by atoms with van der Waals surface area (Å²) in [5, 5.41) is 8.60. The van der Waals surface area contributed by atoms with Crippen molar-refractivity contribution >= 4 is 17.5 Å². The second-order valence-electron chi connectivity index (χ2n) is 4.40. The molecular formula is C13H13N3O2. The third-order valence-electron chi connectivity index (χ3n) is 3.29. The molecule has 2 aliphatic heterocycles. The predicted molar refractivity (Wildman–Crippen MR) is 66.6 cm³/mol. The fourth-order valence-corrected chi connectivity index (χ4v) is 2.40. The lowest BCUT2D eigenvalue weighted by atomic mass is 9.91. The highest BCUT2D eigenvalue weighted by molar-refractivity contribution is 6.12. The van der Waals surface area contributed by atoms with Crippen molar-refractivity contribution in [3.63, 3.8) is 0 Å². The fraction of sp³-hybridized carbons (Fsp3) is 0.231. The van der Waals surface area contributed by atoms with Crippen LogP contribution < -0.4 is 16.0 Å². The minimum absolute atomic E-state index is 0.271. The van der Waals surface area contributed by atoms with Crippen LogP contribution in [0.25, 0.3) is 0 Å². The summed E-state index contributed by atoms with van der Waals surface area (Å²) in [7, 11) is 0. The molecule has 2 unspecified atom stereocenters. The van der Waals surface area contributed by atoms with Gasteiger partial charge in [-0.1, -0.05) is 30.4 Å². The first-order valence-corrected chi connectivity index (χ1v) is 5.82. The molecule has 92 valence electrons. The third kappa shape index (κ3) is 1.52. The van der Waals surface area contributed by atoms with Gasteiger partial charge < -0.3 is 5.32 Å². The van der Waals surface area contributed by atoms with Crippen molar-refractivity contribution in [2.45, 2.75) is 5.66 Å². The summed E-state index contributed by atoms with van der Waals surface area (Å²) >= 11 is 0. The van der Waals surface area contributed by atoms with Gasteiger partial charge in [0, 0.05) is 12.2 Å². The number of benzene rings is 1. The fourth-order valence-electron chi connectivity index (χ4n) is 2.40. The van der Waals surface area contributed by atoms with Crippen molar-refractivity contribution in [1.82, 2.24) is 10.6 Å². The van der Waals surface area contributed by atoms with E-state index in [-0.39, 0.29) is 11.8 Å². The molecule has 0 bridgehead atoms. The van der Waals surface area contributed by atoms with Gasteiger partial charge in [-0.3, -0.25) is 20.2 Å². The zero-order valence-corrected chi connectivity index (χ0v) is 9.64. The molecule has 3 rings (SSSR count). The molecule has 3 N–H and O–H groups in total. The second-order valence-corrected chi connectivity index (χ2v) is 4.40. The number of carbonyl (C=O) groups excluding carboxylic acids is 2. The maximum atomic E-state index is 12.1. The molecule has 0 radical (unpaired) electrons. The summed E-state index contributed by atoms with van der Waals surface area (Å²) in [5.41, 5.74) is -0.261. The van der Waals surface area contributed by atoms with Gasteiger partial charge in [0.15, 0.2) is 5.66 Å². The Bertz CT molecular complexity index is 526. The van der Waals surface area contributed by atoms with E-state index in [0.29, 0.717) is 6.54 Å². The molecule has 1 fully saturated rings. The Kier molecular flexibility index (Phi) is 2.41. The lowest BCUT2D eigenvalue weighted by Gasteiger charge is -2.35. The van der Waals surface area contributed by atoms with Crippen LogP contribution in [0.3, 0.4) is 0 Å². The highest BCUT2D eigenvalue weighted by atomic mass is 16.2. The molecule has 2 amide bonds. The summed E-state index contributed by atoms with van der Waals surface area (Å²) < 4.78 is 0. The Morgan fingerprint density at radius 3 is 2.78 bits per heavy atom. The quantitative estimate of drug-likeness (QED) is 0.513. The SMILES string of the molecule is O=C1NC(=O)C2(Nc3ccccc3)NCC=CC12.